The molecule has 0 radical (unpaired) electrons. The summed E-state index contributed by atoms with van der Waals surface area (Å²) in [4.78, 5) is 16.4. The van der Waals surface area contributed by atoms with Crippen molar-refractivity contribution in [3.05, 3.63) is 0 Å². The molecule has 1 amide bonds. The highest BCUT2D eigenvalue weighted by Crippen LogP contribution is 2.24. The minimum atomic E-state index is -4.35. The van der Waals surface area contributed by atoms with E-state index in [0.717, 1.165) is 32.6 Å². The van der Waals surface area contributed by atoms with Gasteiger partial charge in [0.25, 0.3) is 0 Å². The highest BCUT2D eigenvalue weighted by Gasteiger charge is 2.31. The van der Waals surface area contributed by atoms with Gasteiger partial charge in [0.2, 0.25) is 5.91 Å². The number of halogens is 3. The summed E-state index contributed by atoms with van der Waals surface area (Å²) < 4.78 is 36.5. The van der Waals surface area contributed by atoms with E-state index in [1.807, 2.05) is 10.2 Å². The third kappa shape index (κ3) is 5.12. The highest BCUT2D eigenvalue weighted by atomic mass is 19.4. The lowest BCUT2D eigenvalue weighted by Crippen LogP contribution is -2.48. The second-order valence-electron chi connectivity index (χ2n) is 6.37. The molecule has 0 aromatic heterocycles. The Balaban J connectivity index is 1.80. The molecule has 1 saturated heterocycles. The summed E-state index contributed by atoms with van der Waals surface area (Å²) in [5.74, 6) is -0.536. The Hall–Kier alpha value is -0.820. The fourth-order valence-electron chi connectivity index (χ4n) is 3.48. The van der Waals surface area contributed by atoms with Gasteiger partial charge in [-0.3, -0.25) is 14.6 Å². The monoisotopic (exact) mass is 321 g/mol. The molecular weight excluding hydrogens is 295 g/mol. The first-order valence-corrected chi connectivity index (χ1v) is 8.19. The van der Waals surface area contributed by atoms with Crippen LogP contribution in [0.2, 0.25) is 0 Å². The van der Waals surface area contributed by atoms with Crippen molar-refractivity contribution in [1.29, 1.82) is 0 Å². The van der Waals surface area contributed by atoms with Crippen LogP contribution < -0.4 is 5.32 Å². The third-order valence-corrected chi connectivity index (χ3v) is 4.80. The molecule has 1 aliphatic carbocycles. The Morgan fingerprint density at radius 3 is 2.45 bits per heavy atom. The largest absolute Gasteiger partial charge is 0.405 e. The first kappa shape index (κ1) is 17.5. The molecular formula is C15H26F3N3O. The lowest BCUT2D eigenvalue weighted by atomic mass is 10.2. The maximum Gasteiger partial charge on any atom is 0.405 e. The number of alkyl halides is 3. The maximum absolute atomic E-state index is 12.2. The number of carbonyl (C=O) groups excluding carboxylic acids is 1. The molecule has 1 atom stereocenters. The standard InChI is InChI=1S/C15H26F3N3O/c1-12(14(22)19-11-15(16,17)18)20-7-4-8-21(10-9-20)13-5-2-3-6-13/h12-13H,2-11H2,1H3,(H,19,22). The number of amides is 1. The SMILES string of the molecule is CC(C(=O)NCC(F)(F)F)N1CCCN(C2CCCC2)CC1. The predicted octanol–water partition coefficient (Wildman–Crippen LogP) is 2.00. The van der Waals surface area contributed by atoms with Gasteiger partial charge in [-0.1, -0.05) is 12.8 Å². The number of nitrogens with zero attached hydrogens (tertiary/aromatic N) is 2. The van der Waals surface area contributed by atoms with Gasteiger partial charge in [0.15, 0.2) is 0 Å². The number of hydrogen-bond acceptors (Lipinski definition) is 3. The Bertz CT molecular complexity index is 370. The zero-order valence-corrected chi connectivity index (χ0v) is 13.2. The van der Waals surface area contributed by atoms with Crippen LogP contribution in [0.15, 0.2) is 0 Å². The fraction of sp³-hybridized carbons (Fsp3) is 0.933. The van der Waals surface area contributed by atoms with Crippen molar-refractivity contribution < 1.29 is 18.0 Å². The van der Waals surface area contributed by atoms with Crippen molar-refractivity contribution in [3.8, 4) is 0 Å². The summed E-state index contributed by atoms with van der Waals surface area (Å²) >= 11 is 0. The molecule has 2 aliphatic rings. The Kier molecular flexibility index (Phi) is 6.09. The van der Waals surface area contributed by atoms with E-state index in [1.165, 1.54) is 25.7 Å². The molecule has 2 rings (SSSR count). The van der Waals surface area contributed by atoms with Gasteiger partial charge in [0.1, 0.15) is 6.54 Å². The van der Waals surface area contributed by atoms with Gasteiger partial charge in [-0.05, 0) is 32.7 Å². The van der Waals surface area contributed by atoms with Crippen molar-refractivity contribution in [2.45, 2.75) is 57.3 Å². The first-order valence-electron chi connectivity index (χ1n) is 8.19. The molecule has 2 fully saturated rings. The van der Waals surface area contributed by atoms with Gasteiger partial charge < -0.3 is 5.32 Å². The van der Waals surface area contributed by atoms with Gasteiger partial charge >= 0.3 is 6.18 Å². The van der Waals surface area contributed by atoms with E-state index < -0.39 is 24.7 Å². The van der Waals surface area contributed by atoms with E-state index in [9.17, 15) is 18.0 Å². The summed E-state index contributed by atoms with van der Waals surface area (Å²) in [7, 11) is 0. The summed E-state index contributed by atoms with van der Waals surface area (Å²) in [5, 5.41) is 1.99. The van der Waals surface area contributed by atoms with Crippen molar-refractivity contribution >= 4 is 5.91 Å². The summed E-state index contributed by atoms with van der Waals surface area (Å²) in [6.07, 6.45) is 1.70. The molecule has 1 saturated carbocycles. The molecule has 1 aliphatic heterocycles. The smallest absolute Gasteiger partial charge is 0.346 e. The lowest BCUT2D eigenvalue weighted by Gasteiger charge is -2.29. The van der Waals surface area contributed by atoms with Gasteiger partial charge in [0, 0.05) is 25.7 Å². The number of carbonyl (C=O) groups is 1. The quantitative estimate of drug-likeness (QED) is 0.860. The van der Waals surface area contributed by atoms with Crippen molar-refractivity contribution in [2.75, 3.05) is 32.7 Å². The van der Waals surface area contributed by atoms with E-state index in [2.05, 4.69) is 4.90 Å². The summed E-state index contributed by atoms with van der Waals surface area (Å²) in [5.41, 5.74) is 0. The van der Waals surface area contributed by atoms with Crippen LogP contribution in [0.5, 0.6) is 0 Å². The van der Waals surface area contributed by atoms with E-state index in [0.29, 0.717) is 6.04 Å². The molecule has 22 heavy (non-hydrogen) atoms. The number of rotatable bonds is 4. The zero-order valence-electron chi connectivity index (χ0n) is 13.2. The van der Waals surface area contributed by atoms with Crippen LogP contribution in [0, 0.1) is 0 Å². The Labute approximate surface area is 130 Å². The second-order valence-corrected chi connectivity index (χ2v) is 6.37. The van der Waals surface area contributed by atoms with E-state index >= 15 is 0 Å². The van der Waals surface area contributed by atoms with Crippen LogP contribution >= 0.6 is 0 Å². The normalized spacial score (nSPS) is 24.2. The van der Waals surface area contributed by atoms with Crippen LogP contribution in [-0.2, 0) is 4.79 Å². The van der Waals surface area contributed by atoms with E-state index in [-0.39, 0.29) is 0 Å². The van der Waals surface area contributed by atoms with Gasteiger partial charge in [-0.2, -0.15) is 13.2 Å². The van der Waals surface area contributed by atoms with Crippen molar-refractivity contribution in [2.24, 2.45) is 0 Å². The molecule has 0 spiro atoms. The Morgan fingerprint density at radius 2 is 1.82 bits per heavy atom. The highest BCUT2D eigenvalue weighted by molar-refractivity contribution is 5.81. The number of nitrogens with one attached hydrogen (secondary N) is 1. The average Bonchev–Trinajstić information content (AvgIpc) is 2.88. The van der Waals surface area contributed by atoms with Crippen LogP contribution in [0.4, 0.5) is 13.2 Å². The zero-order chi connectivity index (χ0) is 16.2. The lowest BCUT2D eigenvalue weighted by molar-refractivity contribution is -0.141. The molecule has 7 heteroatoms. The first-order chi connectivity index (χ1) is 10.4. The summed E-state index contributed by atoms with van der Waals surface area (Å²) in [6, 6.07) is 0.153. The van der Waals surface area contributed by atoms with E-state index in [4.69, 9.17) is 0 Å². The molecule has 0 bridgehead atoms. The van der Waals surface area contributed by atoms with Crippen LogP contribution in [0.1, 0.15) is 39.0 Å². The van der Waals surface area contributed by atoms with Crippen molar-refractivity contribution in [1.82, 2.24) is 15.1 Å². The molecule has 1 heterocycles. The van der Waals surface area contributed by atoms with E-state index in [1.54, 1.807) is 6.92 Å². The molecule has 1 N–H and O–H groups in total. The van der Waals surface area contributed by atoms with Gasteiger partial charge in [-0.25, -0.2) is 0 Å². The third-order valence-electron chi connectivity index (χ3n) is 4.80. The topological polar surface area (TPSA) is 35.6 Å². The predicted molar refractivity (Wildman–Crippen MR) is 78.5 cm³/mol. The molecule has 128 valence electrons. The van der Waals surface area contributed by atoms with Crippen molar-refractivity contribution in [3.63, 3.8) is 0 Å². The fourth-order valence-corrected chi connectivity index (χ4v) is 3.48. The summed E-state index contributed by atoms with van der Waals surface area (Å²) in [6.45, 7) is 3.88. The molecule has 0 aromatic rings. The second kappa shape index (κ2) is 7.64. The van der Waals surface area contributed by atoms with Crippen LogP contribution in [0.25, 0.3) is 0 Å². The minimum Gasteiger partial charge on any atom is -0.346 e. The average molecular weight is 321 g/mol. The van der Waals surface area contributed by atoms with Crippen LogP contribution in [-0.4, -0.2) is 66.7 Å². The van der Waals surface area contributed by atoms with Gasteiger partial charge in [0.05, 0.1) is 6.04 Å². The minimum absolute atomic E-state index is 0.508. The molecule has 1 unspecified atom stereocenters. The Morgan fingerprint density at radius 1 is 1.14 bits per heavy atom. The molecule has 0 aromatic carbocycles. The number of hydrogen-bond donors (Lipinski definition) is 1. The van der Waals surface area contributed by atoms with Crippen LogP contribution in [0.3, 0.4) is 0 Å². The molecule has 4 nitrogen and oxygen atoms in total. The maximum atomic E-state index is 12.2. The van der Waals surface area contributed by atoms with Gasteiger partial charge in [-0.15, -0.1) is 0 Å².